The highest BCUT2D eigenvalue weighted by Gasteiger charge is 2.50. The van der Waals surface area contributed by atoms with Crippen molar-refractivity contribution in [1.29, 1.82) is 0 Å². The molecule has 1 amide bonds. The topological polar surface area (TPSA) is 111 Å². The van der Waals surface area contributed by atoms with E-state index in [1.165, 1.54) is 12.1 Å². The zero-order valence-corrected chi connectivity index (χ0v) is 20.7. The SMILES string of the molecule is CC1COC(C(=O)NC2CC2)(c2nc(-c3ccc(F)cc3)c(-c3ccnc(Oc4ccccc4)n3)[nH]2)OC1. The summed E-state index contributed by atoms with van der Waals surface area (Å²) < 4.78 is 31.7. The molecule has 2 aliphatic rings. The Morgan fingerprint density at radius 3 is 2.50 bits per heavy atom. The highest BCUT2D eigenvalue weighted by molar-refractivity contribution is 5.86. The summed E-state index contributed by atoms with van der Waals surface area (Å²) in [4.78, 5) is 30.3. The molecule has 3 heterocycles. The van der Waals surface area contributed by atoms with Crippen molar-refractivity contribution in [2.45, 2.75) is 31.6 Å². The lowest BCUT2D eigenvalue weighted by Gasteiger charge is -2.36. The van der Waals surface area contributed by atoms with E-state index in [0.717, 1.165) is 12.8 Å². The molecule has 194 valence electrons. The molecular weight excluding hydrogens is 489 g/mol. The lowest BCUT2D eigenvalue weighted by molar-refractivity contribution is -0.277. The minimum atomic E-state index is -1.75. The van der Waals surface area contributed by atoms with Crippen LogP contribution in [0.15, 0.2) is 66.9 Å². The maximum absolute atomic E-state index is 13.8. The van der Waals surface area contributed by atoms with Crippen LogP contribution in [0.4, 0.5) is 4.39 Å². The molecule has 1 saturated carbocycles. The average molecular weight is 516 g/mol. The van der Waals surface area contributed by atoms with Crippen LogP contribution in [-0.2, 0) is 20.1 Å². The van der Waals surface area contributed by atoms with Gasteiger partial charge >= 0.3 is 11.8 Å². The Morgan fingerprint density at radius 1 is 1.05 bits per heavy atom. The van der Waals surface area contributed by atoms with E-state index in [2.05, 4.69) is 20.3 Å². The number of carbonyl (C=O) groups is 1. The summed E-state index contributed by atoms with van der Waals surface area (Å²) in [5.41, 5.74) is 2.02. The van der Waals surface area contributed by atoms with E-state index < -0.39 is 11.7 Å². The maximum atomic E-state index is 13.8. The number of benzene rings is 2. The number of amides is 1. The van der Waals surface area contributed by atoms with Crippen molar-refractivity contribution >= 4 is 5.91 Å². The number of carbonyl (C=O) groups excluding carboxylic acids is 1. The molecule has 0 spiro atoms. The van der Waals surface area contributed by atoms with Gasteiger partial charge in [0, 0.05) is 23.7 Å². The van der Waals surface area contributed by atoms with Gasteiger partial charge in [0.1, 0.15) is 11.6 Å². The van der Waals surface area contributed by atoms with Crippen LogP contribution in [0.25, 0.3) is 22.6 Å². The second kappa shape index (κ2) is 9.96. The number of nitrogens with one attached hydrogen (secondary N) is 2. The van der Waals surface area contributed by atoms with Crippen LogP contribution in [0.2, 0.25) is 0 Å². The minimum Gasteiger partial charge on any atom is -0.424 e. The minimum absolute atomic E-state index is 0.0940. The molecule has 0 bridgehead atoms. The van der Waals surface area contributed by atoms with Crippen molar-refractivity contribution in [3.8, 4) is 34.4 Å². The fourth-order valence-electron chi connectivity index (χ4n) is 4.15. The molecule has 1 saturated heterocycles. The molecule has 38 heavy (non-hydrogen) atoms. The summed E-state index contributed by atoms with van der Waals surface area (Å²) in [7, 11) is 0. The highest BCUT2D eigenvalue weighted by Crippen LogP contribution is 2.38. The van der Waals surface area contributed by atoms with E-state index in [1.807, 2.05) is 25.1 Å². The number of halogens is 1. The van der Waals surface area contributed by atoms with Crippen LogP contribution in [-0.4, -0.2) is 45.1 Å². The number of imidazole rings is 1. The smallest absolute Gasteiger partial charge is 0.322 e. The number of H-pyrrole nitrogens is 1. The van der Waals surface area contributed by atoms with E-state index >= 15 is 0 Å². The van der Waals surface area contributed by atoms with E-state index in [-0.39, 0.29) is 29.6 Å². The van der Waals surface area contributed by atoms with Gasteiger partial charge in [-0.25, -0.2) is 14.4 Å². The van der Waals surface area contributed by atoms with Gasteiger partial charge < -0.3 is 24.5 Å². The monoisotopic (exact) mass is 515 g/mol. The second-order valence-electron chi connectivity index (χ2n) is 9.55. The summed E-state index contributed by atoms with van der Waals surface area (Å²) in [6, 6.07) is 17.0. The second-order valence-corrected chi connectivity index (χ2v) is 9.55. The molecule has 1 aliphatic heterocycles. The van der Waals surface area contributed by atoms with Crippen molar-refractivity contribution in [2.24, 2.45) is 5.92 Å². The molecule has 6 rings (SSSR count). The molecule has 0 atom stereocenters. The van der Waals surface area contributed by atoms with Gasteiger partial charge in [0.25, 0.3) is 5.91 Å². The third kappa shape index (κ3) is 4.88. The Labute approximate surface area is 218 Å². The summed E-state index contributed by atoms with van der Waals surface area (Å²) in [6.07, 6.45) is 3.39. The van der Waals surface area contributed by atoms with Crippen molar-refractivity contribution in [2.75, 3.05) is 13.2 Å². The Balaban J connectivity index is 1.44. The zero-order valence-electron chi connectivity index (χ0n) is 20.7. The fourth-order valence-corrected chi connectivity index (χ4v) is 4.15. The lowest BCUT2D eigenvalue weighted by Crippen LogP contribution is -2.53. The number of aromatic amines is 1. The quantitative estimate of drug-likeness (QED) is 0.371. The Bertz CT molecular complexity index is 1430. The van der Waals surface area contributed by atoms with Gasteiger partial charge in [0.05, 0.1) is 30.3 Å². The third-order valence-corrected chi connectivity index (χ3v) is 6.33. The predicted molar refractivity (Wildman–Crippen MR) is 135 cm³/mol. The Kier molecular flexibility index (Phi) is 6.34. The first-order valence-corrected chi connectivity index (χ1v) is 12.5. The molecule has 10 heteroatoms. The summed E-state index contributed by atoms with van der Waals surface area (Å²) in [6.45, 7) is 2.63. The average Bonchev–Trinajstić information content (AvgIpc) is 3.64. The van der Waals surface area contributed by atoms with E-state index in [4.69, 9.17) is 19.2 Å². The molecule has 9 nitrogen and oxygen atoms in total. The molecule has 2 N–H and O–H groups in total. The largest absolute Gasteiger partial charge is 0.424 e. The van der Waals surface area contributed by atoms with Gasteiger partial charge in [0.15, 0.2) is 5.82 Å². The molecule has 2 fully saturated rings. The molecule has 0 unspecified atom stereocenters. The first kappa shape index (κ1) is 24.2. The first-order chi connectivity index (χ1) is 18.5. The highest BCUT2D eigenvalue weighted by atomic mass is 19.1. The molecular formula is C28H26FN5O4. The van der Waals surface area contributed by atoms with Crippen LogP contribution in [0.3, 0.4) is 0 Å². The number of hydrogen-bond acceptors (Lipinski definition) is 7. The summed E-state index contributed by atoms with van der Waals surface area (Å²) in [5, 5.41) is 2.99. The number of nitrogens with zero attached hydrogens (tertiary/aromatic N) is 3. The summed E-state index contributed by atoms with van der Waals surface area (Å²) in [5.74, 6) is -1.65. The van der Waals surface area contributed by atoms with Gasteiger partial charge in [0.2, 0.25) is 0 Å². The molecule has 2 aromatic carbocycles. The van der Waals surface area contributed by atoms with Crippen molar-refractivity contribution in [3.63, 3.8) is 0 Å². The maximum Gasteiger partial charge on any atom is 0.322 e. The van der Waals surface area contributed by atoms with Crippen molar-refractivity contribution < 1.29 is 23.4 Å². The van der Waals surface area contributed by atoms with Gasteiger partial charge in [-0.3, -0.25) is 4.79 Å². The van der Waals surface area contributed by atoms with Gasteiger partial charge in [-0.2, -0.15) is 4.98 Å². The van der Waals surface area contributed by atoms with Gasteiger partial charge in [-0.15, -0.1) is 0 Å². The number of para-hydroxylation sites is 1. The standard InChI is InChI=1S/C28H26FN5O4/c1-17-15-36-28(37-16-17,26(35)31-20-11-12-20)25-33-23(18-7-9-19(29)10-8-18)24(34-25)22-13-14-30-27(32-22)38-21-5-3-2-4-6-21/h2-10,13-14,17,20H,11-12,15-16H2,1H3,(H,31,35)(H,33,34). The fraction of sp³-hybridized carbons (Fsp3) is 0.286. The van der Waals surface area contributed by atoms with Gasteiger partial charge in [-0.05, 0) is 55.3 Å². The first-order valence-electron chi connectivity index (χ1n) is 12.5. The number of aromatic nitrogens is 4. The summed E-state index contributed by atoms with van der Waals surface area (Å²) >= 11 is 0. The van der Waals surface area contributed by atoms with E-state index in [0.29, 0.717) is 41.6 Å². The molecule has 0 radical (unpaired) electrons. The van der Waals surface area contributed by atoms with Crippen LogP contribution in [0.5, 0.6) is 11.8 Å². The van der Waals surface area contributed by atoms with E-state index in [9.17, 15) is 9.18 Å². The van der Waals surface area contributed by atoms with Crippen LogP contribution < -0.4 is 10.1 Å². The van der Waals surface area contributed by atoms with Gasteiger partial charge in [-0.1, -0.05) is 25.1 Å². The lowest BCUT2D eigenvalue weighted by atomic mass is 10.1. The van der Waals surface area contributed by atoms with Crippen LogP contribution in [0, 0.1) is 11.7 Å². The predicted octanol–water partition coefficient (Wildman–Crippen LogP) is 4.58. The van der Waals surface area contributed by atoms with Crippen LogP contribution in [0.1, 0.15) is 25.6 Å². The molecule has 2 aromatic heterocycles. The zero-order chi connectivity index (χ0) is 26.1. The molecule has 1 aliphatic carbocycles. The van der Waals surface area contributed by atoms with E-state index in [1.54, 1.807) is 36.5 Å². The Hall–Kier alpha value is -4.15. The van der Waals surface area contributed by atoms with Crippen LogP contribution >= 0.6 is 0 Å². The van der Waals surface area contributed by atoms with Crippen molar-refractivity contribution in [3.05, 3.63) is 78.5 Å². The number of hydrogen-bond donors (Lipinski definition) is 2. The third-order valence-electron chi connectivity index (χ3n) is 6.33. The number of rotatable bonds is 7. The Morgan fingerprint density at radius 2 is 1.79 bits per heavy atom. The normalized spacial score (nSPS) is 21.2. The number of ether oxygens (including phenoxy) is 3. The molecule has 4 aromatic rings. The van der Waals surface area contributed by atoms with Crippen molar-refractivity contribution in [1.82, 2.24) is 25.3 Å².